The minimum Gasteiger partial charge on any atom is -0.125 e. The van der Waals surface area contributed by atoms with Gasteiger partial charge in [0, 0.05) is 85.2 Å². The lowest BCUT2D eigenvalue weighted by atomic mass is 9.81. The monoisotopic (exact) mass is 1000 g/mol. The van der Waals surface area contributed by atoms with Gasteiger partial charge in [-0.15, -0.1) is 94.1 Å². The standard InChI is InChI=1S/C56H72S8/c1-2-18-42-34-58-51-27-11-12-28-52(51)60-36-44-20-5-6-22-46(44)38-62-55-31-15-16-32-56(55)64-40-48-24-8-7-23-47(48)39-63-54-30-14-13-29-53(54)61-37-45-21-4-3-19-43(45)35-59-50-26-10-9-25-49(50)57-33-41(42)17-1/h9-16,25-32,41-48H,1-8,17-24,33-40H2/t41-,42-,43-,44-,45-,46-,47-,48-/m1/s1. The molecule has 0 aromatic heterocycles. The summed E-state index contributed by atoms with van der Waals surface area (Å²) in [7, 11) is 0. The zero-order valence-electron chi connectivity index (χ0n) is 38.1. The first-order valence-corrected chi connectivity index (χ1v) is 33.0. The Bertz CT molecular complexity index is 1590. The molecule has 8 atom stereocenters. The molecule has 0 bridgehead atoms. The van der Waals surface area contributed by atoms with Crippen LogP contribution in [0.5, 0.6) is 0 Å². The molecule has 4 saturated carbocycles. The Hall–Kier alpha value is -0.320. The van der Waals surface area contributed by atoms with Crippen LogP contribution in [0.15, 0.2) is 136 Å². The van der Waals surface area contributed by atoms with E-state index >= 15 is 0 Å². The van der Waals surface area contributed by atoms with Crippen LogP contribution in [0.2, 0.25) is 0 Å². The summed E-state index contributed by atoms with van der Waals surface area (Å²) < 4.78 is 0. The highest BCUT2D eigenvalue weighted by molar-refractivity contribution is 8.03. The van der Waals surface area contributed by atoms with Gasteiger partial charge in [-0.2, -0.15) is 0 Å². The van der Waals surface area contributed by atoms with Gasteiger partial charge in [-0.3, -0.25) is 0 Å². The Morgan fingerprint density at radius 2 is 0.328 bits per heavy atom. The molecule has 0 unspecified atom stereocenters. The van der Waals surface area contributed by atoms with E-state index in [0.717, 1.165) is 47.3 Å². The summed E-state index contributed by atoms with van der Waals surface area (Å²) in [4.78, 5) is 12.3. The first kappa shape index (κ1) is 48.7. The Morgan fingerprint density at radius 3 is 0.453 bits per heavy atom. The highest BCUT2D eigenvalue weighted by atomic mass is 32.2. The molecule has 344 valence electrons. The number of hydrogen-bond donors (Lipinski definition) is 0. The molecule has 4 fully saturated rings. The second kappa shape index (κ2) is 26.0. The van der Waals surface area contributed by atoms with Crippen molar-refractivity contribution >= 4 is 94.1 Å². The zero-order chi connectivity index (χ0) is 43.2. The van der Waals surface area contributed by atoms with Crippen molar-refractivity contribution in [3.8, 4) is 0 Å². The summed E-state index contributed by atoms with van der Waals surface area (Å²) in [5.41, 5.74) is 0. The summed E-state index contributed by atoms with van der Waals surface area (Å²) in [6, 6.07) is 37.8. The van der Waals surface area contributed by atoms with E-state index in [1.54, 1.807) is 0 Å². The minimum absolute atomic E-state index is 0.812. The molecule has 4 aliphatic carbocycles. The topological polar surface area (TPSA) is 0 Å². The van der Waals surface area contributed by atoms with Gasteiger partial charge >= 0.3 is 0 Å². The van der Waals surface area contributed by atoms with E-state index in [-0.39, 0.29) is 0 Å². The van der Waals surface area contributed by atoms with E-state index in [1.807, 2.05) is 0 Å². The second-order valence-electron chi connectivity index (χ2n) is 19.5. The zero-order valence-corrected chi connectivity index (χ0v) is 44.6. The highest BCUT2D eigenvalue weighted by Crippen LogP contribution is 2.47. The van der Waals surface area contributed by atoms with E-state index in [9.17, 15) is 0 Å². The van der Waals surface area contributed by atoms with Crippen LogP contribution in [-0.2, 0) is 0 Å². The van der Waals surface area contributed by atoms with Crippen LogP contribution in [0.3, 0.4) is 0 Å². The SMILES string of the molecule is c1ccc2c(c1)SC[C@H]1CCCC[C@@H]1CSc1ccccc1SC[C@H]1CCCC[C@@H]1CSc1ccccc1SC[C@H]1CCCC[C@@H]1CSc1ccccc1SC[C@H]1CCCC[C@@H]1CS2. The number of hydrogen-bond acceptors (Lipinski definition) is 8. The van der Waals surface area contributed by atoms with Crippen LogP contribution >= 0.6 is 94.1 Å². The van der Waals surface area contributed by atoms with Crippen molar-refractivity contribution < 1.29 is 0 Å². The Balaban J connectivity index is 0.925. The molecule has 1 aliphatic heterocycles. The van der Waals surface area contributed by atoms with Crippen molar-refractivity contribution in [1.29, 1.82) is 0 Å². The quantitative estimate of drug-likeness (QED) is 0.169. The van der Waals surface area contributed by atoms with Crippen molar-refractivity contribution in [2.24, 2.45) is 47.3 Å². The molecule has 0 radical (unpaired) electrons. The summed E-state index contributed by atoms with van der Waals surface area (Å²) in [5, 5.41) is 0. The van der Waals surface area contributed by atoms with Gasteiger partial charge in [-0.1, -0.05) is 99.9 Å². The third kappa shape index (κ3) is 13.9. The summed E-state index contributed by atoms with van der Waals surface area (Å²) in [5.74, 6) is 16.6. The fourth-order valence-electron chi connectivity index (χ4n) is 11.2. The van der Waals surface area contributed by atoms with Crippen molar-refractivity contribution in [3.05, 3.63) is 97.1 Å². The maximum atomic E-state index is 2.44. The molecular weight excluding hydrogens is 929 g/mol. The lowest BCUT2D eigenvalue weighted by Crippen LogP contribution is -2.24. The molecule has 0 spiro atoms. The predicted molar refractivity (Wildman–Crippen MR) is 293 cm³/mol. The molecule has 8 heteroatoms. The molecule has 5 aliphatic rings. The van der Waals surface area contributed by atoms with Gasteiger partial charge in [0.25, 0.3) is 0 Å². The van der Waals surface area contributed by atoms with Gasteiger partial charge in [0.15, 0.2) is 0 Å². The molecule has 4 aromatic rings. The molecule has 0 amide bonds. The Kier molecular flexibility index (Phi) is 19.8. The van der Waals surface area contributed by atoms with Crippen LogP contribution in [0.1, 0.15) is 103 Å². The van der Waals surface area contributed by atoms with E-state index in [2.05, 4.69) is 191 Å². The number of benzene rings is 4. The van der Waals surface area contributed by atoms with Crippen LogP contribution < -0.4 is 0 Å². The van der Waals surface area contributed by atoms with Gasteiger partial charge in [0.2, 0.25) is 0 Å². The van der Waals surface area contributed by atoms with Gasteiger partial charge in [0.05, 0.1) is 0 Å². The van der Waals surface area contributed by atoms with E-state index in [4.69, 9.17) is 0 Å². The van der Waals surface area contributed by atoms with Gasteiger partial charge in [-0.25, -0.2) is 0 Å². The van der Waals surface area contributed by atoms with Gasteiger partial charge < -0.3 is 0 Å². The number of fused-ring (bicyclic) bond motifs is 8. The predicted octanol–water partition coefficient (Wildman–Crippen LogP) is 18.8. The average molecular weight is 1000 g/mol. The lowest BCUT2D eigenvalue weighted by molar-refractivity contribution is 0.286. The van der Waals surface area contributed by atoms with Crippen LogP contribution in [0.25, 0.3) is 0 Å². The number of rotatable bonds is 0. The summed E-state index contributed by atoms with van der Waals surface area (Å²) >= 11 is 17.4. The first-order chi connectivity index (χ1) is 31.7. The normalized spacial score (nSPS) is 29.8. The minimum atomic E-state index is 0.812. The molecular formula is C56H72S8. The smallest absolute Gasteiger partial charge is 0.0208 e. The fraction of sp³-hybridized carbons (Fsp3) is 0.571. The third-order valence-corrected chi connectivity index (χ3v) is 25.9. The lowest BCUT2D eigenvalue weighted by Gasteiger charge is -2.33. The van der Waals surface area contributed by atoms with Crippen molar-refractivity contribution in [1.82, 2.24) is 0 Å². The molecule has 0 saturated heterocycles. The van der Waals surface area contributed by atoms with Crippen molar-refractivity contribution in [2.45, 2.75) is 142 Å². The van der Waals surface area contributed by atoms with Gasteiger partial charge in [-0.05, 0) is 147 Å². The third-order valence-electron chi connectivity index (χ3n) is 15.3. The van der Waals surface area contributed by atoms with Crippen molar-refractivity contribution in [3.63, 3.8) is 0 Å². The first-order valence-electron chi connectivity index (χ1n) is 25.1. The number of thioether (sulfide) groups is 8. The summed E-state index contributed by atoms with van der Waals surface area (Å²) in [6.45, 7) is 0. The fourth-order valence-corrected chi connectivity index (χ4v) is 22.4. The van der Waals surface area contributed by atoms with E-state index in [0.29, 0.717) is 0 Å². The molecule has 0 nitrogen and oxygen atoms in total. The Labute approximate surface area is 422 Å². The Morgan fingerprint density at radius 1 is 0.203 bits per heavy atom. The highest BCUT2D eigenvalue weighted by Gasteiger charge is 2.31. The van der Waals surface area contributed by atoms with E-state index in [1.165, 1.54) is 188 Å². The van der Waals surface area contributed by atoms with Crippen LogP contribution in [-0.4, -0.2) is 46.0 Å². The van der Waals surface area contributed by atoms with Crippen molar-refractivity contribution in [2.75, 3.05) is 46.0 Å². The second-order valence-corrected chi connectivity index (χ2v) is 28.0. The molecule has 64 heavy (non-hydrogen) atoms. The average Bonchev–Trinajstić information content (AvgIpc) is 3.35. The molecule has 0 N–H and O–H groups in total. The maximum absolute atomic E-state index is 2.44. The van der Waals surface area contributed by atoms with E-state index < -0.39 is 0 Å². The van der Waals surface area contributed by atoms with Crippen LogP contribution in [0.4, 0.5) is 0 Å². The largest absolute Gasteiger partial charge is 0.125 e. The van der Waals surface area contributed by atoms with Crippen LogP contribution in [0, 0.1) is 47.3 Å². The molecule has 9 rings (SSSR count). The molecule has 1 heterocycles. The maximum Gasteiger partial charge on any atom is 0.0208 e. The molecule has 4 aromatic carbocycles. The van der Waals surface area contributed by atoms with Gasteiger partial charge in [0.1, 0.15) is 0 Å². The summed E-state index contributed by atoms with van der Waals surface area (Å²) in [6.07, 6.45) is 22.5.